The molecule has 0 fully saturated rings. The third-order valence-electron chi connectivity index (χ3n) is 13.8. The number of nitrogens with one attached hydrogen (secondary N) is 6. The van der Waals surface area contributed by atoms with Crippen LogP contribution in [0, 0.1) is 6.92 Å². The predicted octanol–water partition coefficient (Wildman–Crippen LogP) is 10.1. The third-order valence-corrected chi connectivity index (χ3v) is 13.8. The van der Waals surface area contributed by atoms with Crippen LogP contribution in [0.25, 0.3) is 11.0 Å². The number of esters is 2. The molecule has 0 saturated heterocycles. The molecule has 436 valence electrons. The molecule has 4 atom stereocenters. The van der Waals surface area contributed by atoms with Crippen molar-refractivity contribution in [1.82, 2.24) is 21.3 Å². The summed E-state index contributed by atoms with van der Waals surface area (Å²) in [6.07, 6.45) is 3.70. The van der Waals surface area contributed by atoms with Crippen LogP contribution in [-0.4, -0.2) is 61.2 Å². The van der Waals surface area contributed by atoms with Crippen LogP contribution >= 0.6 is 0 Å². The van der Waals surface area contributed by atoms with Crippen LogP contribution in [0.2, 0.25) is 0 Å². The van der Waals surface area contributed by atoms with Crippen LogP contribution in [0.3, 0.4) is 0 Å². The molecule has 3 heterocycles. The first-order chi connectivity index (χ1) is 40.5. The maximum atomic E-state index is 13.8. The molecule has 7 aromatic rings. The molecular weight excluding hydrogens is 1070 g/mol. The number of carbonyl (C=O) groups is 5. The number of anilines is 2. The Morgan fingerprint density at radius 1 is 0.643 bits per heavy atom. The van der Waals surface area contributed by atoms with E-state index in [4.69, 9.17) is 39.6 Å². The summed E-state index contributed by atoms with van der Waals surface area (Å²) >= 11 is 0. The molecule has 84 heavy (non-hydrogen) atoms. The van der Waals surface area contributed by atoms with Gasteiger partial charge in [0.05, 0.1) is 23.2 Å². The van der Waals surface area contributed by atoms with Gasteiger partial charge in [-0.2, -0.15) is 0 Å². The molecule has 10 N–H and O–H groups in total. The second-order valence-electron chi connectivity index (χ2n) is 20.1. The van der Waals surface area contributed by atoms with Crippen molar-refractivity contribution < 1.29 is 52.1 Å². The van der Waals surface area contributed by atoms with Gasteiger partial charge in [-0.15, -0.1) is 0 Å². The lowest BCUT2D eigenvalue weighted by atomic mass is 9.77. The SMILES string of the molecule is C=C(N)NCCC(NC(=O)Oc1ccccc1)C(=O)Nc1ccc2c(c1)Oc1cc(NC(C)C(CCNC(=C)N)NC(=O)Oc3ccccc3)ccc1C21OC(=O)c2ccccc21.CCCCCCC(=O)Oc1ccc2c(C)cc(=O)oc2c1. The molecule has 0 radical (unpaired) electrons. The molecule has 1 spiro atoms. The molecule has 0 saturated carbocycles. The first kappa shape index (κ1) is 59.9. The molecule has 2 aliphatic rings. The molecule has 20 nitrogen and oxygen atoms in total. The summed E-state index contributed by atoms with van der Waals surface area (Å²) in [5.74, 6) is 0.990. The smallest absolute Gasteiger partial charge is 0.413 e. The van der Waals surface area contributed by atoms with Gasteiger partial charge in [0.25, 0.3) is 0 Å². The summed E-state index contributed by atoms with van der Waals surface area (Å²) in [4.78, 5) is 76.4. The van der Waals surface area contributed by atoms with Gasteiger partial charge in [0, 0.05) is 83.3 Å². The number of hydrogen-bond acceptors (Lipinski definition) is 17. The maximum absolute atomic E-state index is 13.8. The summed E-state index contributed by atoms with van der Waals surface area (Å²) in [5, 5.41) is 18.7. The highest BCUT2D eigenvalue weighted by molar-refractivity contribution is 5.98. The van der Waals surface area contributed by atoms with Crippen molar-refractivity contribution in [3.63, 3.8) is 0 Å². The van der Waals surface area contributed by atoms with Gasteiger partial charge in [-0.1, -0.05) is 93.9 Å². The standard InChI is InChI=1S/C47H48N8O8.C17H20O4/c1-28(39(22-24-50-29(2)48)54-45(58)60-33-12-6-4-7-13-33)52-31-18-20-37-41(26-31)62-42-27-32(19-21-38(42)47(37)36-17-11-10-16-35(36)44(57)63-47)53-43(56)40(23-25-51-30(3)49)55-46(59)61-34-14-8-5-9-15-34;1-3-4-5-6-7-16(18)20-13-8-9-14-12(2)10-17(19)21-15(14)11-13/h4-21,26-28,39-40,50-52H,2-3,22-25,48-49H2,1H3,(H,53,56)(H,54,58)(H,55,59);8-11H,3-7H2,1-2H3. The van der Waals surface area contributed by atoms with Crippen molar-refractivity contribution in [1.29, 1.82) is 0 Å². The van der Waals surface area contributed by atoms with Crippen LogP contribution in [0.15, 0.2) is 180 Å². The van der Waals surface area contributed by atoms with E-state index in [1.807, 2.05) is 44.2 Å². The number of nitrogens with two attached hydrogens (primary N) is 2. The van der Waals surface area contributed by atoms with E-state index in [1.165, 1.54) is 6.07 Å². The zero-order valence-electron chi connectivity index (χ0n) is 46.9. The van der Waals surface area contributed by atoms with Crippen LogP contribution < -0.4 is 67.9 Å². The molecule has 6 aromatic carbocycles. The lowest BCUT2D eigenvalue weighted by Crippen LogP contribution is -2.47. The van der Waals surface area contributed by atoms with Gasteiger partial charge < -0.3 is 71.5 Å². The van der Waals surface area contributed by atoms with Crippen molar-refractivity contribution in [3.05, 3.63) is 209 Å². The Morgan fingerprint density at radius 3 is 1.90 bits per heavy atom. The number of benzene rings is 6. The topological polar surface area (TPSA) is 286 Å². The first-order valence-corrected chi connectivity index (χ1v) is 27.5. The Hall–Kier alpha value is -10.2. The number of rotatable bonds is 23. The van der Waals surface area contributed by atoms with Crippen molar-refractivity contribution in [2.24, 2.45) is 11.5 Å². The zero-order valence-corrected chi connectivity index (χ0v) is 46.9. The highest BCUT2D eigenvalue weighted by atomic mass is 16.6. The summed E-state index contributed by atoms with van der Waals surface area (Å²) in [5.41, 5.74) is 14.0. The van der Waals surface area contributed by atoms with Gasteiger partial charge in [0.15, 0.2) is 5.60 Å². The van der Waals surface area contributed by atoms with Crippen LogP contribution in [-0.2, 0) is 19.9 Å². The summed E-state index contributed by atoms with van der Waals surface area (Å²) in [7, 11) is 0. The largest absolute Gasteiger partial charge is 0.456 e. The number of fused-ring (bicyclic) bond motifs is 7. The average Bonchev–Trinajstić information content (AvgIpc) is 1.45. The number of carbonyl (C=O) groups excluding carboxylic acids is 5. The molecule has 3 amide bonds. The minimum atomic E-state index is -1.40. The molecule has 0 aliphatic carbocycles. The fourth-order valence-electron chi connectivity index (χ4n) is 9.71. The van der Waals surface area contributed by atoms with Gasteiger partial charge in [-0.05, 0) is 105 Å². The second-order valence-corrected chi connectivity index (χ2v) is 20.1. The number of aryl methyl sites for hydroxylation is 1. The fraction of sp³-hybridized carbons (Fsp3) is 0.250. The van der Waals surface area contributed by atoms with E-state index in [-0.39, 0.29) is 30.8 Å². The Morgan fingerprint density at radius 2 is 1.25 bits per heavy atom. The van der Waals surface area contributed by atoms with Gasteiger partial charge in [-0.25, -0.2) is 19.2 Å². The minimum Gasteiger partial charge on any atom is -0.456 e. The van der Waals surface area contributed by atoms with E-state index in [9.17, 15) is 28.8 Å². The number of amides is 3. The number of ether oxygens (including phenoxy) is 5. The Balaban J connectivity index is 0.000000368. The lowest BCUT2D eigenvalue weighted by molar-refractivity contribution is -0.134. The monoisotopic (exact) mass is 1140 g/mol. The Kier molecular flexibility index (Phi) is 19.9. The molecule has 20 heteroatoms. The summed E-state index contributed by atoms with van der Waals surface area (Å²) < 4.78 is 34.3. The molecular formula is C64H68N8O12. The van der Waals surface area contributed by atoms with E-state index < -0.39 is 47.4 Å². The van der Waals surface area contributed by atoms with Crippen molar-refractivity contribution in [3.8, 4) is 28.7 Å². The number of unbranched alkanes of at least 4 members (excludes halogenated alkanes) is 3. The number of hydrogen-bond donors (Lipinski definition) is 8. The van der Waals surface area contributed by atoms with Crippen molar-refractivity contribution in [2.75, 3.05) is 23.7 Å². The molecule has 1 aromatic heterocycles. The van der Waals surface area contributed by atoms with Crippen LogP contribution in [0.4, 0.5) is 21.0 Å². The highest BCUT2D eigenvalue weighted by Crippen LogP contribution is 2.57. The van der Waals surface area contributed by atoms with E-state index in [1.54, 1.807) is 109 Å². The van der Waals surface area contributed by atoms with E-state index in [0.29, 0.717) is 93.2 Å². The van der Waals surface area contributed by atoms with E-state index >= 15 is 0 Å². The van der Waals surface area contributed by atoms with Gasteiger partial charge in [0.2, 0.25) is 5.91 Å². The van der Waals surface area contributed by atoms with Crippen molar-refractivity contribution in [2.45, 2.75) is 89.4 Å². The molecule has 4 unspecified atom stereocenters. The Bertz CT molecular complexity index is 3600. The van der Waals surface area contributed by atoms with Gasteiger partial charge in [0.1, 0.15) is 40.4 Å². The Labute approximate surface area is 485 Å². The maximum Gasteiger partial charge on any atom is 0.413 e. The quantitative estimate of drug-likeness (QED) is 0.0128. The predicted molar refractivity (Wildman–Crippen MR) is 319 cm³/mol. The average molecular weight is 1140 g/mol. The summed E-state index contributed by atoms with van der Waals surface area (Å²) in [6, 6.07) is 39.5. The van der Waals surface area contributed by atoms with E-state index in [0.717, 1.165) is 36.6 Å². The molecule has 9 rings (SSSR count). The number of para-hydroxylation sites is 2. The highest BCUT2D eigenvalue weighted by Gasteiger charge is 2.53. The minimum absolute atomic E-state index is 0.133. The normalized spacial score (nSPS) is 14.4. The first-order valence-electron chi connectivity index (χ1n) is 27.5. The van der Waals surface area contributed by atoms with E-state index in [2.05, 4.69) is 52.0 Å². The lowest BCUT2D eigenvalue weighted by Gasteiger charge is -2.37. The van der Waals surface area contributed by atoms with Crippen LogP contribution in [0.1, 0.15) is 91.4 Å². The zero-order chi connectivity index (χ0) is 59.8. The third kappa shape index (κ3) is 15.4. The molecule has 0 bridgehead atoms. The van der Waals surface area contributed by atoms with Gasteiger partial charge in [-0.3, -0.25) is 9.59 Å². The van der Waals surface area contributed by atoms with Gasteiger partial charge >= 0.3 is 29.8 Å². The fourth-order valence-corrected chi connectivity index (χ4v) is 9.71. The summed E-state index contributed by atoms with van der Waals surface area (Å²) in [6.45, 7) is 13.9. The molecule has 2 aliphatic heterocycles. The second kappa shape index (κ2) is 28.0. The van der Waals surface area contributed by atoms with Crippen molar-refractivity contribution >= 4 is 52.4 Å². The van der Waals surface area contributed by atoms with Crippen LogP contribution in [0.5, 0.6) is 28.7 Å².